The number of carbonyl (C=O) groups excluding carboxylic acids is 2. The highest BCUT2D eigenvalue weighted by Crippen LogP contribution is 2.30. The summed E-state index contributed by atoms with van der Waals surface area (Å²) in [6.45, 7) is -0.574. The van der Waals surface area contributed by atoms with Crippen molar-refractivity contribution in [1.82, 2.24) is 0 Å². The minimum atomic E-state index is -4.09. The zero-order valence-electron chi connectivity index (χ0n) is 18.8. The molecular weight excluding hydrogens is 474 g/mol. The number of hydrogen-bond donors (Lipinski definition) is 1. The van der Waals surface area contributed by atoms with Crippen molar-refractivity contribution < 1.29 is 36.6 Å². The molecule has 0 spiro atoms. The number of anilines is 1. The second-order valence-corrected chi connectivity index (χ2v) is 9.00. The van der Waals surface area contributed by atoms with Crippen LogP contribution in [0, 0.1) is 0 Å². The molecule has 0 amide bonds. The van der Waals surface area contributed by atoms with Gasteiger partial charge >= 0.3 is 5.97 Å². The summed E-state index contributed by atoms with van der Waals surface area (Å²) in [6, 6.07) is 18.7. The van der Waals surface area contributed by atoms with Crippen LogP contribution in [-0.2, 0) is 14.8 Å². The van der Waals surface area contributed by atoms with E-state index in [2.05, 4.69) is 4.72 Å². The molecule has 4 aromatic rings. The molecule has 9 nitrogen and oxygen atoms in total. The number of carbonyl (C=O) groups is 2. The summed E-state index contributed by atoms with van der Waals surface area (Å²) in [5.41, 5.74) is 0.467. The Morgan fingerprint density at radius 2 is 1.60 bits per heavy atom. The average Bonchev–Trinajstić information content (AvgIpc) is 3.31. The molecule has 1 N–H and O–H groups in total. The Balaban J connectivity index is 1.50. The molecule has 0 saturated heterocycles. The SMILES string of the molecule is COc1ccc(S(=O)(=O)Nc2ccccc2C(=O)OCC(=O)c2cc3ccccc3o2)cc1OC. The van der Waals surface area contributed by atoms with Gasteiger partial charge < -0.3 is 18.6 Å². The van der Waals surface area contributed by atoms with Crippen molar-refractivity contribution in [2.24, 2.45) is 0 Å². The van der Waals surface area contributed by atoms with E-state index in [1.807, 2.05) is 6.07 Å². The molecule has 0 aliphatic rings. The van der Waals surface area contributed by atoms with Gasteiger partial charge in [-0.1, -0.05) is 30.3 Å². The van der Waals surface area contributed by atoms with Gasteiger partial charge in [0, 0.05) is 11.5 Å². The first-order chi connectivity index (χ1) is 16.8. The van der Waals surface area contributed by atoms with E-state index >= 15 is 0 Å². The highest BCUT2D eigenvalue weighted by molar-refractivity contribution is 7.92. The molecule has 4 rings (SSSR count). The third-order valence-electron chi connectivity index (χ3n) is 5.09. The maximum Gasteiger partial charge on any atom is 0.340 e. The van der Waals surface area contributed by atoms with E-state index in [-0.39, 0.29) is 27.7 Å². The van der Waals surface area contributed by atoms with Gasteiger partial charge in [0.05, 0.1) is 30.4 Å². The second-order valence-electron chi connectivity index (χ2n) is 7.32. The molecule has 1 heterocycles. The maximum atomic E-state index is 13.0. The summed E-state index contributed by atoms with van der Waals surface area (Å²) in [7, 11) is -1.27. The fraction of sp³-hybridized carbons (Fsp3) is 0.120. The first-order valence-electron chi connectivity index (χ1n) is 10.3. The summed E-state index contributed by atoms with van der Waals surface area (Å²) in [5, 5.41) is 0.747. The van der Waals surface area contributed by atoms with Gasteiger partial charge in [0.15, 0.2) is 23.9 Å². The number of rotatable bonds is 9. The predicted molar refractivity (Wildman–Crippen MR) is 128 cm³/mol. The normalized spacial score (nSPS) is 11.1. The number of furan rings is 1. The van der Waals surface area contributed by atoms with Gasteiger partial charge in [-0.25, -0.2) is 13.2 Å². The molecule has 0 saturated carbocycles. The molecule has 0 atom stereocenters. The van der Waals surface area contributed by atoms with Gasteiger partial charge in [-0.3, -0.25) is 9.52 Å². The Bertz CT molecular complexity index is 1470. The number of benzene rings is 3. The minimum absolute atomic E-state index is 0.0107. The van der Waals surface area contributed by atoms with Crippen molar-refractivity contribution in [2.75, 3.05) is 25.5 Å². The van der Waals surface area contributed by atoms with Crippen LogP contribution in [0.2, 0.25) is 0 Å². The van der Waals surface area contributed by atoms with Crippen LogP contribution in [0.3, 0.4) is 0 Å². The molecule has 0 aliphatic heterocycles. The van der Waals surface area contributed by atoms with Gasteiger partial charge in [-0.2, -0.15) is 0 Å². The van der Waals surface area contributed by atoms with E-state index < -0.39 is 28.4 Å². The third kappa shape index (κ3) is 5.12. The van der Waals surface area contributed by atoms with Gasteiger partial charge in [0.1, 0.15) is 5.58 Å². The molecule has 180 valence electrons. The number of sulfonamides is 1. The van der Waals surface area contributed by atoms with Gasteiger partial charge in [-0.05, 0) is 36.4 Å². The highest BCUT2D eigenvalue weighted by atomic mass is 32.2. The number of fused-ring (bicyclic) bond motifs is 1. The summed E-state index contributed by atoms with van der Waals surface area (Å²) in [4.78, 5) is 25.1. The van der Waals surface area contributed by atoms with Crippen molar-refractivity contribution in [1.29, 1.82) is 0 Å². The van der Waals surface area contributed by atoms with E-state index in [1.54, 1.807) is 36.4 Å². The maximum absolute atomic E-state index is 13.0. The van der Waals surface area contributed by atoms with Crippen molar-refractivity contribution >= 4 is 38.4 Å². The second kappa shape index (κ2) is 9.90. The van der Waals surface area contributed by atoms with Crippen LogP contribution in [0.5, 0.6) is 11.5 Å². The number of ether oxygens (including phenoxy) is 3. The monoisotopic (exact) mass is 495 g/mol. The Morgan fingerprint density at radius 3 is 2.34 bits per heavy atom. The Labute approximate surface area is 201 Å². The fourth-order valence-electron chi connectivity index (χ4n) is 3.34. The van der Waals surface area contributed by atoms with E-state index in [4.69, 9.17) is 18.6 Å². The number of esters is 1. The van der Waals surface area contributed by atoms with Gasteiger partial charge in [-0.15, -0.1) is 0 Å². The Hall–Kier alpha value is -4.31. The zero-order valence-corrected chi connectivity index (χ0v) is 19.6. The molecule has 1 aromatic heterocycles. The predicted octanol–water partition coefficient (Wildman–Crippen LogP) is 4.29. The van der Waals surface area contributed by atoms with E-state index in [1.165, 1.54) is 44.6 Å². The van der Waals surface area contributed by atoms with E-state index in [0.717, 1.165) is 5.39 Å². The van der Waals surface area contributed by atoms with Crippen LogP contribution >= 0.6 is 0 Å². The molecule has 0 bridgehead atoms. The quantitative estimate of drug-likeness (QED) is 0.270. The summed E-state index contributed by atoms with van der Waals surface area (Å²) in [5.74, 6) is -0.754. The lowest BCUT2D eigenvalue weighted by Crippen LogP contribution is -2.18. The highest BCUT2D eigenvalue weighted by Gasteiger charge is 2.22. The largest absolute Gasteiger partial charge is 0.493 e. The summed E-state index contributed by atoms with van der Waals surface area (Å²) < 4.78 is 49.2. The zero-order chi connectivity index (χ0) is 25.0. The lowest BCUT2D eigenvalue weighted by Gasteiger charge is -2.13. The Kier molecular flexibility index (Phi) is 6.74. The van der Waals surface area contributed by atoms with Crippen LogP contribution < -0.4 is 14.2 Å². The van der Waals surface area contributed by atoms with Crippen LogP contribution in [0.4, 0.5) is 5.69 Å². The first-order valence-corrected chi connectivity index (χ1v) is 11.8. The minimum Gasteiger partial charge on any atom is -0.493 e. The smallest absolute Gasteiger partial charge is 0.340 e. The van der Waals surface area contributed by atoms with Crippen molar-refractivity contribution in [3.63, 3.8) is 0 Å². The van der Waals surface area contributed by atoms with E-state index in [9.17, 15) is 18.0 Å². The first kappa shape index (κ1) is 23.8. The lowest BCUT2D eigenvalue weighted by molar-refractivity contribution is 0.0469. The molecule has 0 radical (unpaired) electrons. The fourth-order valence-corrected chi connectivity index (χ4v) is 4.43. The van der Waals surface area contributed by atoms with E-state index in [0.29, 0.717) is 11.3 Å². The molecule has 0 fully saturated rings. The van der Waals surface area contributed by atoms with Crippen molar-refractivity contribution in [3.8, 4) is 11.5 Å². The molecule has 0 aliphatic carbocycles. The van der Waals surface area contributed by atoms with Gasteiger partial charge in [0.25, 0.3) is 10.0 Å². The van der Waals surface area contributed by atoms with Gasteiger partial charge in [0.2, 0.25) is 5.78 Å². The number of hydrogen-bond acceptors (Lipinski definition) is 8. The number of para-hydroxylation sites is 2. The topological polar surface area (TPSA) is 121 Å². The van der Waals surface area contributed by atoms with Crippen LogP contribution in [0.1, 0.15) is 20.9 Å². The Morgan fingerprint density at radius 1 is 0.886 bits per heavy atom. The van der Waals surface area contributed by atoms with Crippen molar-refractivity contribution in [3.05, 3.63) is 84.1 Å². The average molecular weight is 496 g/mol. The lowest BCUT2D eigenvalue weighted by atomic mass is 10.2. The molecule has 10 heteroatoms. The number of methoxy groups -OCH3 is 2. The summed E-state index contributed by atoms with van der Waals surface area (Å²) >= 11 is 0. The summed E-state index contributed by atoms with van der Waals surface area (Å²) in [6.07, 6.45) is 0. The van der Waals surface area contributed by atoms with Crippen LogP contribution in [-0.4, -0.2) is 41.0 Å². The molecular formula is C25H21NO8S. The molecule has 0 unspecified atom stereocenters. The number of nitrogens with one attached hydrogen (secondary N) is 1. The third-order valence-corrected chi connectivity index (χ3v) is 6.45. The number of Topliss-reactive ketones (excluding diaryl/α,β-unsaturated/α-hetero) is 1. The molecule has 35 heavy (non-hydrogen) atoms. The van der Waals surface area contributed by atoms with Crippen molar-refractivity contribution in [2.45, 2.75) is 4.90 Å². The molecule has 3 aromatic carbocycles. The number of ketones is 1. The van der Waals surface area contributed by atoms with Crippen LogP contribution in [0.15, 0.2) is 82.1 Å². The van der Waals surface area contributed by atoms with Crippen LogP contribution in [0.25, 0.3) is 11.0 Å². The standard InChI is InChI=1S/C25H21NO8S/c1-31-22-12-11-17(14-24(22)32-2)35(29,30)26-19-9-5-4-8-18(19)25(28)33-15-20(27)23-13-16-7-3-6-10-21(16)34-23/h3-14,26H,15H2,1-2H3.